The Labute approximate surface area is 120 Å². The third-order valence-electron chi connectivity index (χ3n) is 2.84. The van der Waals surface area contributed by atoms with Gasteiger partial charge < -0.3 is 10.1 Å². The van der Waals surface area contributed by atoms with Crippen molar-refractivity contribution in [2.45, 2.75) is 13.5 Å². The smallest absolute Gasteiger partial charge is 0.141 e. The van der Waals surface area contributed by atoms with Crippen molar-refractivity contribution in [1.29, 1.82) is 0 Å². The molecule has 0 heterocycles. The highest BCUT2D eigenvalue weighted by Gasteiger charge is 2.05. The van der Waals surface area contributed by atoms with Crippen molar-refractivity contribution in [3.8, 4) is 5.75 Å². The lowest BCUT2D eigenvalue weighted by Crippen LogP contribution is -2.02. The lowest BCUT2D eigenvalue weighted by atomic mass is 10.2. The van der Waals surface area contributed by atoms with E-state index in [1.165, 1.54) is 12.1 Å². The van der Waals surface area contributed by atoms with Gasteiger partial charge in [0, 0.05) is 11.0 Å². The highest BCUT2D eigenvalue weighted by Crippen LogP contribution is 2.27. The predicted octanol–water partition coefficient (Wildman–Crippen LogP) is 4.52. The van der Waals surface area contributed by atoms with Gasteiger partial charge in [-0.1, -0.05) is 28.1 Å². The Kier molecular flexibility index (Phi) is 4.43. The molecule has 0 aliphatic heterocycles. The molecule has 0 aromatic heterocycles. The molecule has 2 aromatic rings. The predicted molar refractivity (Wildman–Crippen MR) is 79.2 cm³/mol. The first-order valence-corrected chi connectivity index (χ1v) is 6.72. The molecule has 2 rings (SSSR count). The van der Waals surface area contributed by atoms with E-state index < -0.39 is 0 Å². The van der Waals surface area contributed by atoms with Crippen LogP contribution in [0.5, 0.6) is 5.75 Å². The van der Waals surface area contributed by atoms with Crippen LogP contribution in [0.25, 0.3) is 0 Å². The molecule has 2 nitrogen and oxygen atoms in total. The highest BCUT2D eigenvalue weighted by molar-refractivity contribution is 9.10. The molecule has 0 amide bonds. The van der Waals surface area contributed by atoms with Crippen LogP contribution < -0.4 is 10.1 Å². The van der Waals surface area contributed by atoms with Crippen molar-refractivity contribution in [3.63, 3.8) is 0 Å². The second-order valence-electron chi connectivity index (χ2n) is 4.29. The molecule has 0 aliphatic rings. The zero-order valence-corrected chi connectivity index (χ0v) is 12.4. The van der Waals surface area contributed by atoms with E-state index in [2.05, 4.69) is 21.2 Å². The van der Waals surface area contributed by atoms with Gasteiger partial charge >= 0.3 is 0 Å². The number of methoxy groups -OCH3 is 1. The van der Waals surface area contributed by atoms with Gasteiger partial charge in [0.2, 0.25) is 0 Å². The van der Waals surface area contributed by atoms with E-state index >= 15 is 0 Å². The van der Waals surface area contributed by atoms with Crippen molar-refractivity contribution in [2.24, 2.45) is 0 Å². The van der Waals surface area contributed by atoms with Crippen molar-refractivity contribution in [1.82, 2.24) is 0 Å². The van der Waals surface area contributed by atoms with Crippen molar-refractivity contribution >= 4 is 21.6 Å². The minimum atomic E-state index is -0.247. The Morgan fingerprint density at radius 1 is 1.21 bits per heavy atom. The van der Waals surface area contributed by atoms with Crippen LogP contribution in [-0.4, -0.2) is 7.11 Å². The van der Waals surface area contributed by atoms with Gasteiger partial charge in [-0.05, 0) is 42.3 Å². The summed E-state index contributed by atoms with van der Waals surface area (Å²) in [4.78, 5) is 0. The molecule has 1 N–H and O–H groups in total. The van der Waals surface area contributed by atoms with Gasteiger partial charge in [-0.3, -0.25) is 0 Å². The molecule has 2 aromatic carbocycles. The first-order valence-electron chi connectivity index (χ1n) is 5.92. The Bertz CT molecular complexity index is 586. The molecule has 0 atom stereocenters. The third-order valence-corrected chi connectivity index (χ3v) is 3.58. The SMILES string of the molecule is COc1ccc(C)cc1NCc1ccc(F)cc1Br. The van der Waals surface area contributed by atoms with E-state index in [0.717, 1.165) is 27.0 Å². The molecule has 0 spiro atoms. The normalized spacial score (nSPS) is 10.3. The van der Waals surface area contributed by atoms with Crippen molar-refractivity contribution in [3.05, 3.63) is 57.8 Å². The molecule has 0 saturated heterocycles. The Balaban J connectivity index is 2.16. The molecule has 0 bridgehead atoms. The van der Waals surface area contributed by atoms with Crippen LogP contribution in [0.4, 0.5) is 10.1 Å². The summed E-state index contributed by atoms with van der Waals surface area (Å²) in [7, 11) is 1.64. The highest BCUT2D eigenvalue weighted by atomic mass is 79.9. The Morgan fingerprint density at radius 3 is 2.68 bits per heavy atom. The molecular weight excluding hydrogens is 309 g/mol. The van der Waals surface area contributed by atoms with E-state index in [4.69, 9.17) is 4.74 Å². The van der Waals surface area contributed by atoms with E-state index in [1.54, 1.807) is 13.2 Å². The average Bonchev–Trinajstić information content (AvgIpc) is 2.38. The number of aryl methyl sites for hydroxylation is 1. The summed E-state index contributed by atoms with van der Waals surface area (Å²) in [6.45, 7) is 2.62. The molecule has 0 radical (unpaired) electrons. The van der Waals surface area contributed by atoms with E-state index in [1.807, 2.05) is 25.1 Å². The average molecular weight is 324 g/mol. The summed E-state index contributed by atoms with van der Waals surface area (Å²) < 4.78 is 19.1. The largest absolute Gasteiger partial charge is 0.495 e. The second-order valence-corrected chi connectivity index (χ2v) is 5.15. The summed E-state index contributed by atoms with van der Waals surface area (Å²) in [5, 5.41) is 3.30. The summed E-state index contributed by atoms with van der Waals surface area (Å²) in [6.07, 6.45) is 0. The lowest BCUT2D eigenvalue weighted by molar-refractivity contribution is 0.416. The molecule has 4 heteroatoms. The zero-order valence-electron chi connectivity index (χ0n) is 10.8. The first kappa shape index (κ1) is 13.9. The monoisotopic (exact) mass is 323 g/mol. The summed E-state index contributed by atoms with van der Waals surface area (Å²) in [5.41, 5.74) is 3.07. The third kappa shape index (κ3) is 3.47. The molecule has 100 valence electrons. The van der Waals surface area contributed by atoms with Gasteiger partial charge in [-0.15, -0.1) is 0 Å². The van der Waals surface area contributed by atoms with Gasteiger partial charge in [0.05, 0.1) is 12.8 Å². The number of hydrogen-bond donors (Lipinski definition) is 1. The number of ether oxygens (including phenoxy) is 1. The second kappa shape index (κ2) is 6.06. The van der Waals surface area contributed by atoms with Gasteiger partial charge in [-0.25, -0.2) is 4.39 Å². The number of halogens is 2. The van der Waals surface area contributed by atoms with Crippen LogP contribution in [0.3, 0.4) is 0 Å². The summed E-state index contributed by atoms with van der Waals surface area (Å²) >= 11 is 3.36. The maximum Gasteiger partial charge on any atom is 0.141 e. The van der Waals surface area contributed by atoms with E-state index in [9.17, 15) is 4.39 Å². The number of nitrogens with one attached hydrogen (secondary N) is 1. The van der Waals surface area contributed by atoms with Crippen LogP contribution in [-0.2, 0) is 6.54 Å². The number of anilines is 1. The van der Waals surface area contributed by atoms with Crippen molar-refractivity contribution in [2.75, 3.05) is 12.4 Å². The van der Waals surface area contributed by atoms with E-state index in [0.29, 0.717) is 6.54 Å². The van der Waals surface area contributed by atoms with Crippen LogP contribution in [0, 0.1) is 12.7 Å². The molecular formula is C15H15BrFNO. The van der Waals surface area contributed by atoms with Crippen molar-refractivity contribution < 1.29 is 9.13 Å². The van der Waals surface area contributed by atoms with Gasteiger partial charge in [0.25, 0.3) is 0 Å². The van der Waals surface area contributed by atoms with Crippen LogP contribution in [0.1, 0.15) is 11.1 Å². The van der Waals surface area contributed by atoms with Gasteiger partial charge in [-0.2, -0.15) is 0 Å². The Hall–Kier alpha value is -1.55. The fraction of sp³-hybridized carbons (Fsp3) is 0.200. The van der Waals surface area contributed by atoms with Crippen LogP contribution in [0.15, 0.2) is 40.9 Å². The maximum atomic E-state index is 13.0. The zero-order chi connectivity index (χ0) is 13.8. The van der Waals surface area contributed by atoms with E-state index in [-0.39, 0.29) is 5.82 Å². The quantitative estimate of drug-likeness (QED) is 0.893. The van der Waals surface area contributed by atoms with Gasteiger partial charge in [0.1, 0.15) is 11.6 Å². The number of hydrogen-bond acceptors (Lipinski definition) is 2. The van der Waals surface area contributed by atoms with Gasteiger partial charge in [0.15, 0.2) is 0 Å². The maximum absolute atomic E-state index is 13.0. The first-order chi connectivity index (χ1) is 9.10. The molecule has 0 fully saturated rings. The lowest BCUT2D eigenvalue weighted by Gasteiger charge is -2.13. The molecule has 19 heavy (non-hydrogen) atoms. The molecule has 0 unspecified atom stereocenters. The minimum absolute atomic E-state index is 0.247. The molecule has 0 saturated carbocycles. The summed E-state index contributed by atoms with van der Waals surface area (Å²) in [5.74, 6) is 0.549. The Morgan fingerprint density at radius 2 is 2.00 bits per heavy atom. The van der Waals surface area contributed by atoms with Crippen LogP contribution >= 0.6 is 15.9 Å². The fourth-order valence-electron chi connectivity index (χ4n) is 1.82. The molecule has 0 aliphatic carbocycles. The number of benzene rings is 2. The summed E-state index contributed by atoms with van der Waals surface area (Å²) in [6, 6.07) is 10.6. The fourth-order valence-corrected chi connectivity index (χ4v) is 2.31. The minimum Gasteiger partial charge on any atom is -0.495 e. The van der Waals surface area contributed by atoms with Crippen LogP contribution in [0.2, 0.25) is 0 Å². The number of rotatable bonds is 4. The topological polar surface area (TPSA) is 21.3 Å². The standard InChI is InChI=1S/C15H15BrFNO/c1-10-3-6-15(19-2)14(7-10)18-9-11-4-5-12(17)8-13(11)16/h3-8,18H,9H2,1-2H3.